The summed E-state index contributed by atoms with van der Waals surface area (Å²) < 4.78 is 5.34. The van der Waals surface area contributed by atoms with Crippen molar-refractivity contribution >= 4 is 17.3 Å². The lowest BCUT2D eigenvalue weighted by atomic mass is 10.0. The van der Waals surface area contributed by atoms with Crippen LogP contribution in [0.1, 0.15) is 18.4 Å². The van der Waals surface area contributed by atoms with E-state index in [1.54, 1.807) is 0 Å². The summed E-state index contributed by atoms with van der Waals surface area (Å²) in [7, 11) is 0. The molecule has 0 aliphatic carbocycles. The van der Waals surface area contributed by atoms with Crippen molar-refractivity contribution in [2.45, 2.75) is 19.8 Å². The van der Waals surface area contributed by atoms with Crippen molar-refractivity contribution in [3.8, 4) is 0 Å². The SMILES string of the molecule is Cc1ccc(NCC2CCOCC2)c(Cl)c1. The quantitative estimate of drug-likeness (QED) is 0.872. The molecule has 0 saturated carbocycles. The number of rotatable bonds is 3. The van der Waals surface area contributed by atoms with E-state index in [1.165, 1.54) is 5.56 Å². The van der Waals surface area contributed by atoms with E-state index in [1.807, 2.05) is 13.0 Å². The maximum atomic E-state index is 6.16. The third kappa shape index (κ3) is 3.13. The smallest absolute Gasteiger partial charge is 0.0640 e. The van der Waals surface area contributed by atoms with E-state index in [0.717, 1.165) is 43.3 Å². The zero-order valence-electron chi connectivity index (χ0n) is 9.63. The van der Waals surface area contributed by atoms with E-state index in [2.05, 4.69) is 17.4 Å². The van der Waals surface area contributed by atoms with Crippen molar-refractivity contribution in [2.75, 3.05) is 25.1 Å². The predicted molar refractivity (Wildman–Crippen MR) is 68.2 cm³/mol. The highest BCUT2D eigenvalue weighted by Crippen LogP contribution is 2.24. The molecule has 0 unspecified atom stereocenters. The largest absolute Gasteiger partial charge is 0.384 e. The fourth-order valence-corrected chi connectivity index (χ4v) is 2.27. The van der Waals surface area contributed by atoms with Gasteiger partial charge in [0.2, 0.25) is 0 Å². The first-order valence-corrected chi connectivity index (χ1v) is 6.21. The molecule has 2 rings (SSSR count). The molecule has 0 atom stereocenters. The summed E-state index contributed by atoms with van der Waals surface area (Å²) in [6.07, 6.45) is 2.30. The Morgan fingerprint density at radius 2 is 2.12 bits per heavy atom. The molecule has 88 valence electrons. The Labute approximate surface area is 102 Å². The van der Waals surface area contributed by atoms with Gasteiger partial charge in [-0.25, -0.2) is 0 Å². The van der Waals surface area contributed by atoms with Crippen LogP contribution in [0.5, 0.6) is 0 Å². The summed E-state index contributed by atoms with van der Waals surface area (Å²) in [5.41, 5.74) is 2.24. The highest BCUT2D eigenvalue weighted by molar-refractivity contribution is 6.33. The van der Waals surface area contributed by atoms with E-state index >= 15 is 0 Å². The summed E-state index contributed by atoms with van der Waals surface area (Å²) in [5, 5.41) is 4.23. The average molecular weight is 240 g/mol. The maximum Gasteiger partial charge on any atom is 0.0640 e. The third-order valence-electron chi connectivity index (χ3n) is 3.05. The van der Waals surface area contributed by atoms with E-state index in [0.29, 0.717) is 5.92 Å². The molecule has 3 heteroatoms. The molecule has 1 aliphatic rings. The monoisotopic (exact) mass is 239 g/mol. The van der Waals surface area contributed by atoms with Crippen LogP contribution in [0, 0.1) is 12.8 Å². The molecule has 0 amide bonds. The van der Waals surface area contributed by atoms with Gasteiger partial charge < -0.3 is 10.1 Å². The van der Waals surface area contributed by atoms with Gasteiger partial charge in [0.25, 0.3) is 0 Å². The molecule has 1 saturated heterocycles. The van der Waals surface area contributed by atoms with Crippen LogP contribution in [0.4, 0.5) is 5.69 Å². The fraction of sp³-hybridized carbons (Fsp3) is 0.538. The number of halogens is 1. The van der Waals surface area contributed by atoms with Crippen molar-refractivity contribution in [1.29, 1.82) is 0 Å². The average Bonchev–Trinajstić information content (AvgIpc) is 2.29. The third-order valence-corrected chi connectivity index (χ3v) is 3.36. The molecule has 1 heterocycles. The minimum atomic E-state index is 0.714. The van der Waals surface area contributed by atoms with Crippen LogP contribution in [-0.2, 0) is 4.74 Å². The lowest BCUT2D eigenvalue weighted by Gasteiger charge is -2.23. The van der Waals surface area contributed by atoms with Crippen molar-refractivity contribution < 1.29 is 4.74 Å². The van der Waals surface area contributed by atoms with Crippen LogP contribution >= 0.6 is 11.6 Å². The van der Waals surface area contributed by atoms with Gasteiger partial charge in [0.05, 0.1) is 10.7 Å². The number of hydrogen-bond donors (Lipinski definition) is 1. The molecule has 2 nitrogen and oxygen atoms in total. The minimum absolute atomic E-state index is 0.714. The lowest BCUT2D eigenvalue weighted by Crippen LogP contribution is -2.22. The van der Waals surface area contributed by atoms with E-state index in [9.17, 15) is 0 Å². The highest BCUT2D eigenvalue weighted by atomic mass is 35.5. The second kappa shape index (κ2) is 5.55. The summed E-state index contributed by atoms with van der Waals surface area (Å²) in [6, 6.07) is 6.13. The Morgan fingerprint density at radius 3 is 2.81 bits per heavy atom. The first-order chi connectivity index (χ1) is 7.75. The van der Waals surface area contributed by atoms with E-state index in [-0.39, 0.29) is 0 Å². The molecule has 0 aromatic heterocycles. The lowest BCUT2D eigenvalue weighted by molar-refractivity contribution is 0.0699. The minimum Gasteiger partial charge on any atom is -0.384 e. The Morgan fingerprint density at radius 1 is 1.38 bits per heavy atom. The summed E-state index contributed by atoms with van der Waals surface area (Å²) in [5.74, 6) is 0.714. The van der Waals surface area contributed by atoms with Crippen LogP contribution < -0.4 is 5.32 Å². The molecule has 0 bridgehead atoms. The molecule has 0 radical (unpaired) electrons. The van der Waals surface area contributed by atoms with Crippen molar-refractivity contribution in [3.05, 3.63) is 28.8 Å². The fourth-order valence-electron chi connectivity index (χ4n) is 1.97. The van der Waals surface area contributed by atoms with Crippen LogP contribution in [0.15, 0.2) is 18.2 Å². The van der Waals surface area contributed by atoms with Crippen LogP contribution in [-0.4, -0.2) is 19.8 Å². The second-order valence-electron chi connectivity index (χ2n) is 4.42. The molecule has 1 fully saturated rings. The maximum absolute atomic E-state index is 6.16. The van der Waals surface area contributed by atoms with Gasteiger partial charge in [-0.05, 0) is 43.4 Å². The molecule has 1 N–H and O–H groups in total. The highest BCUT2D eigenvalue weighted by Gasteiger charge is 2.13. The number of hydrogen-bond acceptors (Lipinski definition) is 2. The van der Waals surface area contributed by atoms with Gasteiger partial charge in [-0.15, -0.1) is 0 Å². The molecule has 16 heavy (non-hydrogen) atoms. The Balaban J connectivity index is 1.88. The van der Waals surface area contributed by atoms with Crippen molar-refractivity contribution in [1.82, 2.24) is 0 Å². The van der Waals surface area contributed by atoms with Gasteiger partial charge in [0, 0.05) is 19.8 Å². The molecule has 1 aromatic rings. The van der Waals surface area contributed by atoms with E-state index in [4.69, 9.17) is 16.3 Å². The number of aryl methyl sites for hydroxylation is 1. The first kappa shape index (κ1) is 11.7. The molecule has 0 spiro atoms. The van der Waals surface area contributed by atoms with Crippen LogP contribution in [0.3, 0.4) is 0 Å². The summed E-state index contributed by atoms with van der Waals surface area (Å²) in [4.78, 5) is 0. The van der Waals surface area contributed by atoms with E-state index < -0.39 is 0 Å². The zero-order chi connectivity index (χ0) is 11.4. The van der Waals surface area contributed by atoms with Gasteiger partial charge in [0.15, 0.2) is 0 Å². The summed E-state index contributed by atoms with van der Waals surface area (Å²) in [6.45, 7) is 4.84. The number of nitrogens with one attached hydrogen (secondary N) is 1. The molecule has 1 aromatic carbocycles. The normalized spacial score (nSPS) is 17.4. The Kier molecular flexibility index (Phi) is 4.08. The molecular formula is C13H18ClNO. The van der Waals surface area contributed by atoms with Gasteiger partial charge in [-0.2, -0.15) is 0 Å². The molecule has 1 aliphatic heterocycles. The number of ether oxygens (including phenoxy) is 1. The van der Waals surface area contributed by atoms with Gasteiger partial charge in [-0.1, -0.05) is 17.7 Å². The van der Waals surface area contributed by atoms with Crippen molar-refractivity contribution in [2.24, 2.45) is 5.92 Å². The predicted octanol–water partition coefficient (Wildman–Crippen LogP) is 3.49. The van der Waals surface area contributed by atoms with Gasteiger partial charge >= 0.3 is 0 Å². The van der Waals surface area contributed by atoms with Gasteiger partial charge in [-0.3, -0.25) is 0 Å². The number of benzene rings is 1. The standard InChI is InChI=1S/C13H18ClNO/c1-10-2-3-13(12(14)8-10)15-9-11-4-6-16-7-5-11/h2-3,8,11,15H,4-7,9H2,1H3. The first-order valence-electron chi connectivity index (χ1n) is 5.83. The number of anilines is 1. The Hall–Kier alpha value is -0.730. The topological polar surface area (TPSA) is 21.3 Å². The molecular weight excluding hydrogens is 222 g/mol. The van der Waals surface area contributed by atoms with Gasteiger partial charge in [0.1, 0.15) is 0 Å². The second-order valence-corrected chi connectivity index (χ2v) is 4.83. The summed E-state index contributed by atoms with van der Waals surface area (Å²) >= 11 is 6.16. The van der Waals surface area contributed by atoms with Crippen LogP contribution in [0.25, 0.3) is 0 Å². The van der Waals surface area contributed by atoms with Crippen LogP contribution in [0.2, 0.25) is 5.02 Å². The van der Waals surface area contributed by atoms with Crippen molar-refractivity contribution in [3.63, 3.8) is 0 Å². The Bertz CT molecular complexity index is 348. The zero-order valence-corrected chi connectivity index (χ0v) is 10.4.